The maximum Gasteiger partial charge on any atom is 0.337 e. The molecule has 0 aliphatic carbocycles. The SMILES string of the molecule is COC(=O)c1ccc2c(c1)C(N=[N+]=[N-])CN2S(=O)(=O)c1ccc(C)cc1. The van der Waals surface area contributed by atoms with Crippen molar-refractivity contribution >= 4 is 21.7 Å². The van der Waals surface area contributed by atoms with Crippen LogP contribution < -0.4 is 4.31 Å². The minimum Gasteiger partial charge on any atom is -0.465 e. The first-order chi connectivity index (χ1) is 12.4. The fraction of sp³-hybridized carbons (Fsp3) is 0.235. The number of fused-ring (bicyclic) bond motifs is 1. The van der Waals surface area contributed by atoms with Crippen molar-refractivity contribution in [3.8, 4) is 0 Å². The number of azide groups is 1. The molecular formula is C17H16N4O4S. The summed E-state index contributed by atoms with van der Waals surface area (Å²) in [5.74, 6) is -0.549. The van der Waals surface area contributed by atoms with Crippen molar-refractivity contribution < 1.29 is 17.9 Å². The molecule has 0 radical (unpaired) electrons. The molecule has 0 bridgehead atoms. The molecule has 0 aromatic heterocycles. The zero-order chi connectivity index (χ0) is 18.9. The van der Waals surface area contributed by atoms with Crippen LogP contribution >= 0.6 is 0 Å². The lowest BCUT2D eigenvalue weighted by Gasteiger charge is -2.20. The van der Waals surface area contributed by atoms with Crippen LogP contribution in [0.2, 0.25) is 0 Å². The first kappa shape index (κ1) is 17.8. The quantitative estimate of drug-likeness (QED) is 0.354. The van der Waals surface area contributed by atoms with E-state index >= 15 is 0 Å². The molecule has 0 fully saturated rings. The van der Waals surface area contributed by atoms with Crippen LogP contribution in [-0.2, 0) is 14.8 Å². The number of hydrogen-bond donors (Lipinski definition) is 0. The van der Waals surface area contributed by atoms with Crippen molar-refractivity contribution in [1.29, 1.82) is 0 Å². The Bertz CT molecular complexity index is 1010. The van der Waals surface area contributed by atoms with Crippen LogP contribution in [-0.4, -0.2) is 28.0 Å². The summed E-state index contributed by atoms with van der Waals surface area (Å²) in [5.41, 5.74) is 10.9. The van der Waals surface area contributed by atoms with Crippen molar-refractivity contribution in [2.45, 2.75) is 17.9 Å². The van der Waals surface area contributed by atoms with E-state index in [9.17, 15) is 13.2 Å². The number of sulfonamides is 1. The van der Waals surface area contributed by atoms with Crippen LogP contribution in [0.5, 0.6) is 0 Å². The zero-order valence-electron chi connectivity index (χ0n) is 14.2. The van der Waals surface area contributed by atoms with Gasteiger partial charge >= 0.3 is 5.97 Å². The van der Waals surface area contributed by atoms with Gasteiger partial charge in [0.15, 0.2) is 0 Å². The van der Waals surface area contributed by atoms with Crippen molar-refractivity contribution in [1.82, 2.24) is 0 Å². The van der Waals surface area contributed by atoms with Crippen LogP contribution in [0.15, 0.2) is 52.5 Å². The van der Waals surface area contributed by atoms with Crippen LogP contribution in [0, 0.1) is 6.92 Å². The third-order valence-corrected chi connectivity index (χ3v) is 6.01. The van der Waals surface area contributed by atoms with E-state index in [1.807, 2.05) is 6.92 Å². The fourth-order valence-electron chi connectivity index (χ4n) is 2.87. The summed E-state index contributed by atoms with van der Waals surface area (Å²) >= 11 is 0. The van der Waals surface area contributed by atoms with E-state index in [0.717, 1.165) is 5.56 Å². The van der Waals surface area contributed by atoms with E-state index in [0.29, 0.717) is 11.3 Å². The van der Waals surface area contributed by atoms with Gasteiger partial charge in [0.2, 0.25) is 0 Å². The lowest BCUT2D eigenvalue weighted by Crippen LogP contribution is -2.29. The Kier molecular flexibility index (Phi) is 4.58. The maximum absolute atomic E-state index is 13.0. The third-order valence-electron chi connectivity index (χ3n) is 4.22. The highest BCUT2D eigenvalue weighted by Crippen LogP contribution is 2.41. The number of carbonyl (C=O) groups is 1. The highest BCUT2D eigenvalue weighted by molar-refractivity contribution is 7.92. The van der Waals surface area contributed by atoms with Gasteiger partial charge in [0.1, 0.15) is 0 Å². The summed E-state index contributed by atoms with van der Waals surface area (Å²) in [7, 11) is -2.57. The molecule has 2 aromatic rings. The number of ether oxygens (including phenoxy) is 1. The van der Waals surface area contributed by atoms with Gasteiger partial charge in [-0.2, -0.15) is 0 Å². The molecule has 0 saturated carbocycles. The van der Waals surface area contributed by atoms with Gasteiger partial charge < -0.3 is 4.74 Å². The minimum absolute atomic E-state index is 0.0276. The summed E-state index contributed by atoms with van der Waals surface area (Å²) in [4.78, 5) is 14.7. The smallest absolute Gasteiger partial charge is 0.337 e. The van der Waals surface area contributed by atoms with Crippen molar-refractivity contribution in [3.63, 3.8) is 0 Å². The maximum atomic E-state index is 13.0. The molecule has 0 N–H and O–H groups in total. The van der Waals surface area contributed by atoms with Gasteiger partial charge in [-0.1, -0.05) is 22.8 Å². The average Bonchev–Trinajstić information content (AvgIpc) is 3.00. The number of carbonyl (C=O) groups excluding carboxylic acids is 1. The predicted octanol–water partition coefficient (Wildman–Crippen LogP) is 3.34. The average molecular weight is 372 g/mol. The molecule has 134 valence electrons. The number of nitrogens with zero attached hydrogens (tertiary/aromatic N) is 4. The lowest BCUT2D eigenvalue weighted by atomic mass is 10.1. The van der Waals surface area contributed by atoms with E-state index in [1.54, 1.807) is 12.1 Å². The van der Waals surface area contributed by atoms with Crippen molar-refractivity contribution in [3.05, 3.63) is 69.6 Å². The number of methoxy groups -OCH3 is 1. The van der Waals surface area contributed by atoms with Gasteiger partial charge in [0.05, 0.1) is 29.3 Å². The number of esters is 1. The van der Waals surface area contributed by atoms with E-state index in [-0.39, 0.29) is 17.0 Å². The molecule has 1 unspecified atom stereocenters. The second-order valence-corrected chi connectivity index (χ2v) is 7.70. The molecule has 0 amide bonds. The number of anilines is 1. The Morgan fingerprint density at radius 1 is 1.27 bits per heavy atom. The third kappa shape index (κ3) is 2.98. The first-order valence-electron chi connectivity index (χ1n) is 7.74. The molecule has 0 spiro atoms. The monoisotopic (exact) mass is 372 g/mol. The molecule has 1 aliphatic rings. The van der Waals surface area contributed by atoms with E-state index in [4.69, 9.17) is 10.3 Å². The molecule has 0 saturated heterocycles. The summed E-state index contributed by atoms with van der Waals surface area (Å²) < 4.78 is 32.0. The Balaban J connectivity index is 2.10. The molecule has 26 heavy (non-hydrogen) atoms. The molecule has 1 atom stereocenters. The van der Waals surface area contributed by atoms with Crippen LogP contribution in [0.4, 0.5) is 5.69 Å². The van der Waals surface area contributed by atoms with E-state index in [1.165, 1.54) is 41.7 Å². The van der Waals surface area contributed by atoms with Gasteiger partial charge in [0.25, 0.3) is 10.0 Å². The Morgan fingerprint density at radius 3 is 2.58 bits per heavy atom. The second kappa shape index (κ2) is 6.70. The standard InChI is InChI=1S/C17H16N4O4S/c1-11-3-6-13(7-4-11)26(23,24)21-10-15(19-20-18)14-9-12(17(22)25-2)5-8-16(14)21/h3-9,15H,10H2,1-2H3. The number of rotatable bonds is 4. The van der Waals surface area contributed by atoms with Crippen molar-refractivity contribution in [2.75, 3.05) is 18.0 Å². The zero-order valence-corrected chi connectivity index (χ0v) is 15.0. The number of hydrogen-bond acceptors (Lipinski definition) is 5. The van der Waals surface area contributed by atoms with E-state index < -0.39 is 22.0 Å². The molecule has 2 aromatic carbocycles. The van der Waals surface area contributed by atoms with Gasteiger partial charge in [-0.3, -0.25) is 4.31 Å². The molecule has 1 aliphatic heterocycles. The second-order valence-electron chi connectivity index (χ2n) is 5.84. The fourth-order valence-corrected chi connectivity index (χ4v) is 4.37. The highest BCUT2D eigenvalue weighted by Gasteiger charge is 2.36. The summed E-state index contributed by atoms with van der Waals surface area (Å²) in [6.07, 6.45) is 0. The van der Waals surface area contributed by atoms with E-state index in [2.05, 4.69) is 10.0 Å². The highest BCUT2D eigenvalue weighted by atomic mass is 32.2. The van der Waals surface area contributed by atoms with Gasteiger partial charge in [-0.05, 0) is 48.4 Å². The van der Waals surface area contributed by atoms with Crippen LogP contribution in [0.25, 0.3) is 10.4 Å². The van der Waals surface area contributed by atoms with Crippen LogP contribution in [0.1, 0.15) is 27.5 Å². The summed E-state index contributed by atoms with van der Waals surface area (Å²) in [6.45, 7) is 1.84. The largest absolute Gasteiger partial charge is 0.465 e. The Hall–Kier alpha value is -3.03. The molecule has 1 heterocycles. The number of aryl methyl sites for hydroxylation is 1. The van der Waals surface area contributed by atoms with Gasteiger partial charge in [-0.25, -0.2) is 13.2 Å². The molecular weight excluding hydrogens is 356 g/mol. The van der Waals surface area contributed by atoms with Gasteiger partial charge in [-0.15, -0.1) is 0 Å². The Labute approximate surface area is 150 Å². The topological polar surface area (TPSA) is 112 Å². The number of benzene rings is 2. The molecule has 9 heteroatoms. The minimum atomic E-state index is -3.82. The van der Waals surface area contributed by atoms with Crippen molar-refractivity contribution in [2.24, 2.45) is 5.11 Å². The lowest BCUT2D eigenvalue weighted by molar-refractivity contribution is 0.0600. The normalized spacial score (nSPS) is 15.9. The summed E-state index contributed by atoms with van der Waals surface area (Å²) in [5, 5.41) is 3.69. The first-order valence-corrected chi connectivity index (χ1v) is 9.18. The predicted molar refractivity (Wildman–Crippen MR) is 95.4 cm³/mol. The molecule has 3 rings (SSSR count). The summed E-state index contributed by atoms with van der Waals surface area (Å²) in [6, 6.07) is 10.3. The molecule has 8 nitrogen and oxygen atoms in total. The van der Waals surface area contributed by atoms with Gasteiger partial charge in [0, 0.05) is 11.5 Å². The van der Waals surface area contributed by atoms with Crippen LogP contribution in [0.3, 0.4) is 0 Å². The Morgan fingerprint density at radius 2 is 1.96 bits per heavy atom.